The Bertz CT molecular complexity index is 562. The first-order valence-electron chi connectivity index (χ1n) is 8.37. The molecular formula is C17H28N2O3S. The lowest BCUT2D eigenvalue weighted by Crippen LogP contribution is -2.41. The molecule has 1 aromatic rings. The summed E-state index contributed by atoms with van der Waals surface area (Å²) < 4.78 is 25.0. The normalized spacial score (nSPS) is 21.7. The number of hydrogen-bond donors (Lipinski definition) is 2. The second kappa shape index (κ2) is 8.78. The first-order chi connectivity index (χ1) is 11.0. The first kappa shape index (κ1) is 18.4. The van der Waals surface area contributed by atoms with Crippen molar-refractivity contribution in [1.29, 1.82) is 0 Å². The molecule has 1 saturated heterocycles. The van der Waals surface area contributed by atoms with Crippen molar-refractivity contribution in [2.45, 2.75) is 44.2 Å². The average molecular weight is 340 g/mol. The Kier molecular flexibility index (Phi) is 7.02. The highest BCUT2D eigenvalue weighted by atomic mass is 32.2. The fraction of sp³-hybridized carbons (Fsp3) is 0.647. The molecule has 1 heterocycles. The van der Waals surface area contributed by atoms with Crippen molar-refractivity contribution >= 4 is 10.0 Å². The Hall–Kier alpha value is -0.950. The molecule has 1 aromatic carbocycles. The Morgan fingerprint density at radius 2 is 2.00 bits per heavy atom. The minimum absolute atomic E-state index is 0.300. The Balaban J connectivity index is 1.94. The van der Waals surface area contributed by atoms with Gasteiger partial charge in [-0.05, 0) is 31.4 Å². The lowest BCUT2D eigenvalue weighted by atomic mass is 9.98. The van der Waals surface area contributed by atoms with E-state index >= 15 is 0 Å². The molecule has 0 saturated carbocycles. The molecule has 0 radical (unpaired) electrons. The van der Waals surface area contributed by atoms with Gasteiger partial charge in [-0.15, -0.1) is 0 Å². The summed E-state index contributed by atoms with van der Waals surface area (Å²) >= 11 is 0. The van der Waals surface area contributed by atoms with E-state index < -0.39 is 16.1 Å². The third-order valence-corrected chi connectivity index (χ3v) is 5.17. The van der Waals surface area contributed by atoms with Gasteiger partial charge in [0.2, 0.25) is 10.0 Å². The standard InChI is InChI=1S/C17H28N2O3S/c1-23(21,22)18-11-13-19-12-7-3-6-10-16(19)14-17(20)15-8-4-2-5-9-15/h2,4-5,8-9,16-18,20H,3,6-7,10-14H2,1H3. The van der Waals surface area contributed by atoms with E-state index in [1.807, 2.05) is 30.3 Å². The lowest BCUT2D eigenvalue weighted by molar-refractivity contribution is 0.103. The number of likely N-dealkylation sites (tertiary alicyclic amines) is 1. The van der Waals surface area contributed by atoms with Crippen molar-refractivity contribution in [2.24, 2.45) is 0 Å². The second-order valence-electron chi connectivity index (χ2n) is 6.37. The summed E-state index contributed by atoms with van der Waals surface area (Å²) in [4.78, 5) is 2.33. The highest BCUT2D eigenvalue weighted by Gasteiger charge is 2.24. The van der Waals surface area contributed by atoms with Gasteiger partial charge >= 0.3 is 0 Å². The van der Waals surface area contributed by atoms with Gasteiger partial charge in [-0.2, -0.15) is 0 Å². The molecule has 0 aromatic heterocycles. The van der Waals surface area contributed by atoms with E-state index in [2.05, 4.69) is 9.62 Å². The van der Waals surface area contributed by atoms with E-state index in [-0.39, 0.29) is 0 Å². The molecule has 23 heavy (non-hydrogen) atoms. The third-order valence-electron chi connectivity index (χ3n) is 4.44. The highest BCUT2D eigenvalue weighted by molar-refractivity contribution is 7.88. The summed E-state index contributed by atoms with van der Waals surface area (Å²) in [6, 6.07) is 10.0. The number of benzene rings is 1. The van der Waals surface area contributed by atoms with Gasteiger partial charge in [0.05, 0.1) is 12.4 Å². The van der Waals surface area contributed by atoms with E-state index in [1.54, 1.807) is 0 Å². The fourth-order valence-corrected chi connectivity index (χ4v) is 3.70. The monoisotopic (exact) mass is 340 g/mol. The van der Waals surface area contributed by atoms with Gasteiger partial charge in [-0.3, -0.25) is 4.90 Å². The van der Waals surface area contributed by atoms with Crippen LogP contribution in [-0.4, -0.2) is 50.4 Å². The van der Waals surface area contributed by atoms with E-state index in [9.17, 15) is 13.5 Å². The minimum Gasteiger partial charge on any atom is -0.388 e. The van der Waals surface area contributed by atoms with Crippen LogP contribution in [-0.2, 0) is 10.0 Å². The predicted octanol–water partition coefficient (Wildman–Crippen LogP) is 1.90. The van der Waals surface area contributed by atoms with E-state index in [0.717, 1.165) is 24.9 Å². The van der Waals surface area contributed by atoms with Crippen molar-refractivity contribution in [3.05, 3.63) is 35.9 Å². The van der Waals surface area contributed by atoms with Crippen LogP contribution in [0.4, 0.5) is 0 Å². The number of aliphatic hydroxyl groups is 1. The van der Waals surface area contributed by atoms with Crippen LogP contribution in [0, 0.1) is 0 Å². The fourth-order valence-electron chi connectivity index (χ4n) is 3.24. The van der Waals surface area contributed by atoms with Crippen molar-refractivity contribution in [2.75, 3.05) is 25.9 Å². The molecule has 130 valence electrons. The van der Waals surface area contributed by atoms with Crippen LogP contribution in [0.1, 0.15) is 43.8 Å². The van der Waals surface area contributed by atoms with Gasteiger partial charge in [0, 0.05) is 19.1 Å². The van der Waals surface area contributed by atoms with Gasteiger partial charge < -0.3 is 5.11 Å². The molecule has 0 aliphatic carbocycles. The highest BCUT2D eigenvalue weighted by Crippen LogP contribution is 2.26. The number of rotatable bonds is 7. The van der Waals surface area contributed by atoms with Gasteiger partial charge in [-0.1, -0.05) is 43.2 Å². The molecule has 0 bridgehead atoms. The molecule has 1 aliphatic heterocycles. The first-order valence-corrected chi connectivity index (χ1v) is 10.3. The summed E-state index contributed by atoms with van der Waals surface area (Å²) in [7, 11) is -3.14. The van der Waals surface area contributed by atoms with E-state index in [1.165, 1.54) is 19.1 Å². The molecular weight excluding hydrogens is 312 g/mol. The minimum atomic E-state index is -3.14. The third kappa shape index (κ3) is 6.59. The molecule has 0 amide bonds. The average Bonchev–Trinajstić information content (AvgIpc) is 2.72. The zero-order chi connectivity index (χ0) is 16.7. The molecule has 2 rings (SSSR count). The smallest absolute Gasteiger partial charge is 0.208 e. The summed E-state index contributed by atoms with van der Waals surface area (Å²) in [6.45, 7) is 2.09. The molecule has 1 fully saturated rings. The van der Waals surface area contributed by atoms with Crippen molar-refractivity contribution in [3.8, 4) is 0 Å². The number of sulfonamides is 1. The molecule has 6 heteroatoms. The zero-order valence-corrected chi connectivity index (χ0v) is 14.6. The maximum Gasteiger partial charge on any atom is 0.208 e. The topological polar surface area (TPSA) is 69.6 Å². The maximum atomic E-state index is 11.2. The molecule has 0 spiro atoms. The number of nitrogens with one attached hydrogen (secondary N) is 1. The van der Waals surface area contributed by atoms with Crippen LogP contribution < -0.4 is 4.72 Å². The lowest BCUT2D eigenvalue weighted by Gasteiger charge is -2.31. The number of hydrogen-bond acceptors (Lipinski definition) is 4. The quantitative estimate of drug-likeness (QED) is 0.795. The summed E-state index contributed by atoms with van der Waals surface area (Å²) in [5.74, 6) is 0. The zero-order valence-electron chi connectivity index (χ0n) is 13.8. The largest absolute Gasteiger partial charge is 0.388 e. The molecule has 1 aliphatic rings. The van der Waals surface area contributed by atoms with E-state index in [0.29, 0.717) is 25.6 Å². The number of aliphatic hydroxyl groups excluding tert-OH is 1. The van der Waals surface area contributed by atoms with Crippen molar-refractivity contribution < 1.29 is 13.5 Å². The summed E-state index contributed by atoms with van der Waals surface area (Å²) in [6.07, 6.45) is 5.98. The van der Waals surface area contributed by atoms with Gasteiger partial charge in [0.25, 0.3) is 0 Å². The maximum absolute atomic E-state index is 11.2. The van der Waals surface area contributed by atoms with Gasteiger partial charge in [0.15, 0.2) is 0 Å². The molecule has 2 atom stereocenters. The van der Waals surface area contributed by atoms with Crippen molar-refractivity contribution in [3.63, 3.8) is 0 Å². The number of nitrogens with zero attached hydrogens (tertiary/aromatic N) is 1. The van der Waals surface area contributed by atoms with Crippen molar-refractivity contribution in [1.82, 2.24) is 9.62 Å². The Labute approximate surface area is 139 Å². The van der Waals surface area contributed by atoms with Crippen LogP contribution in [0.25, 0.3) is 0 Å². The van der Waals surface area contributed by atoms with Crippen LogP contribution in [0.3, 0.4) is 0 Å². The van der Waals surface area contributed by atoms with Gasteiger partial charge in [-0.25, -0.2) is 13.1 Å². The summed E-state index contributed by atoms with van der Waals surface area (Å²) in [5, 5.41) is 10.5. The SMILES string of the molecule is CS(=O)(=O)NCCN1CCCCCC1CC(O)c1ccccc1. The molecule has 2 unspecified atom stereocenters. The van der Waals surface area contributed by atoms with Crippen LogP contribution in [0.15, 0.2) is 30.3 Å². The Morgan fingerprint density at radius 1 is 1.26 bits per heavy atom. The van der Waals surface area contributed by atoms with Crippen LogP contribution in [0.5, 0.6) is 0 Å². The van der Waals surface area contributed by atoms with E-state index in [4.69, 9.17) is 0 Å². The van der Waals surface area contributed by atoms with Crippen LogP contribution >= 0.6 is 0 Å². The Morgan fingerprint density at radius 3 is 2.70 bits per heavy atom. The predicted molar refractivity (Wildman–Crippen MR) is 92.7 cm³/mol. The molecule has 2 N–H and O–H groups in total. The molecule has 5 nitrogen and oxygen atoms in total. The second-order valence-corrected chi connectivity index (χ2v) is 8.20. The summed E-state index contributed by atoms with van der Waals surface area (Å²) in [5.41, 5.74) is 0.950. The van der Waals surface area contributed by atoms with Crippen LogP contribution in [0.2, 0.25) is 0 Å². The van der Waals surface area contributed by atoms with Gasteiger partial charge in [0.1, 0.15) is 0 Å².